The van der Waals surface area contributed by atoms with Crippen LogP contribution in [0.25, 0.3) is 0 Å². The molecule has 2 rings (SSSR count). The Balaban J connectivity index is 2.24. The molecule has 1 aromatic heterocycles. The van der Waals surface area contributed by atoms with Crippen LogP contribution in [-0.4, -0.2) is 18.5 Å². The minimum Gasteiger partial charge on any atom is -0.378 e. The van der Waals surface area contributed by atoms with Crippen molar-refractivity contribution in [2.75, 3.05) is 6.61 Å². The quantitative estimate of drug-likeness (QED) is 0.722. The van der Waals surface area contributed by atoms with Crippen LogP contribution in [-0.2, 0) is 4.74 Å². The maximum atomic E-state index is 12.2. The van der Waals surface area contributed by atoms with Gasteiger partial charge >= 0.3 is 0 Å². The second kappa shape index (κ2) is 4.06. The van der Waals surface area contributed by atoms with Gasteiger partial charge in [0.25, 0.3) is 0 Å². The van der Waals surface area contributed by atoms with Gasteiger partial charge in [0.05, 0.1) is 16.9 Å². The van der Waals surface area contributed by atoms with E-state index in [0.29, 0.717) is 0 Å². The first-order valence-electron chi connectivity index (χ1n) is 5.32. The van der Waals surface area contributed by atoms with Crippen molar-refractivity contribution in [1.82, 2.24) is 0 Å². The van der Waals surface area contributed by atoms with Crippen LogP contribution in [0, 0.1) is 19.8 Å². The van der Waals surface area contributed by atoms with Gasteiger partial charge in [-0.1, -0.05) is 0 Å². The maximum absolute atomic E-state index is 12.2. The summed E-state index contributed by atoms with van der Waals surface area (Å²) in [5.74, 6) is 0.345. The predicted molar refractivity (Wildman–Crippen MR) is 61.6 cm³/mol. The number of hydrogen-bond donors (Lipinski definition) is 0. The van der Waals surface area contributed by atoms with Crippen molar-refractivity contribution in [3.63, 3.8) is 0 Å². The van der Waals surface area contributed by atoms with Crippen molar-refractivity contribution in [3.8, 4) is 0 Å². The van der Waals surface area contributed by atoms with Crippen LogP contribution in [0.4, 0.5) is 0 Å². The van der Waals surface area contributed by atoms with Gasteiger partial charge in [0.1, 0.15) is 0 Å². The summed E-state index contributed by atoms with van der Waals surface area (Å²) in [5.41, 5.74) is 1.11. The molecule has 1 aliphatic heterocycles. The molecule has 2 unspecified atom stereocenters. The largest absolute Gasteiger partial charge is 0.378 e. The summed E-state index contributed by atoms with van der Waals surface area (Å²) in [6.07, 6.45) is 0.954. The first kappa shape index (κ1) is 10.8. The van der Waals surface area contributed by atoms with Gasteiger partial charge in [-0.15, -0.1) is 11.3 Å². The van der Waals surface area contributed by atoms with Gasteiger partial charge in [0.15, 0.2) is 5.78 Å². The monoisotopic (exact) mass is 224 g/mol. The Morgan fingerprint density at radius 1 is 1.53 bits per heavy atom. The molecule has 1 fully saturated rings. The van der Waals surface area contributed by atoms with Crippen molar-refractivity contribution < 1.29 is 9.53 Å². The zero-order valence-corrected chi connectivity index (χ0v) is 10.2. The van der Waals surface area contributed by atoms with Crippen LogP contribution in [0.5, 0.6) is 0 Å². The molecule has 0 radical (unpaired) electrons. The Morgan fingerprint density at radius 3 is 2.73 bits per heavy atom. The van der Waals surface area contributed by atoms with E-state index in [1.807, 2.05) is 20.8 Å². The highest BCUT2D eigenvalue weighted by molar-refractivity contribution is 7.14. The number of ether oxygens (including phenoxy) is 1. The Labute approximate surface area is 94.3 Å². The molecule has 3 heteroatoms. The Bertz CT molecular complexity index is 381. The minimum atomic E-state index is 0.0711. The van der Waals surface area contributed by atoms with E-state index in [9.17, 15) is 4.79 Å². The fraction of sp³-hybridized carbons (Fsp3) is 0.583. The molecule has 2 heterocycles. The fourth-order valence-corrected chi connectivity index (χ4v) is 3.16. The summed E-state index contributed by atoms with van der Waals surface area (Å²) in [7, 11) is 0. The lowest BCUT2D eigenvalue weighted by molar-refractivity contribution is 0.0767. The van der Waals surface area contributed by atoms with Gasteiger partial charge < -0.3 is 4.74 Å². The molecular weight excluding hydrogens is 208 g/mol. The smallest absolute Gasteiger partial charge is 0.178 e. The van der Waals surface area contributed by atoms with Gasteiger partial charge in [0.2, 0.25) is 0 Å². The van der Waals surface area contributed by atoms with E-state index in [0.717, 1.165) is 23.5 Å². The highest BCUT2D eigenvalue weighted by Gasteiger charge is 2.32. The predicted octanol–water partition coefficient (Wildman–Crippen LogP) is 2.97. The number of carbonyl (C=O) groups is 1. The van der Waals surface area contributed by atoms with Crippen LogP contribution in [0.3, 0.4) is 0 Å². The summed E-state index contributed by atoms with van der Waals surface area (Å²) < 4.78 is 5.44. The van der Waals surface area contributed by atoms with Gasteiger partial charge in [-0.05, 0) is 38.8 Å². The van der Waals surface area contributed by atoms with E-state index in [4.69, 9.17) is 4.74 Å². The first-order valence-corrected chi connectivity index (χ1v) is 6.14. The Hall–Kier alpha value is -0.670. The van der Waals surface area contributed by atoms with Gasteiger partial charge in [-0.25, -0.2) is 0 Å². The molecule has 2 atom stereocenters. The maximum Gasteiger partial charge on any atom is 0.178 e. The summed E-state index contributed by atoms with van der Waals surface area (Å²) in [6, 6.07) is 2.08. The lowest BCUT2D eigenvalue weighted by Crippen LogP contribution is -2.21. The Kier molecular flexibility index (Phi) is 2.94. The van der Waals surface area contributed by atoms with Crippen LogP contribution >= 0.6 is 11.3 Å². The SMILES string of the molecule is Cc1cc(C)c(C(=O)C2CCOC2C)s1. The molecule has 1 aromatic rings. The summed E-state index contributed by atoms with van der Waals surface area (Å²) in [5, 5.41) is 0. The summed E-state index contributed by atoms with van der Waals surface area (Å²) in [4.78, 5) is 14.4. The molecule has 0 bridgehead atoms. The molecule has 1 saturated heterocycles. The average molecular weight is 224 g/mol. The molecule has 0 N–H and O–H groups in total. The number of thiophene rings is 1. The lowest BCUT2D eigenvalue weighted by atomic mass is 9.95. The first-order chi connectivity index (χ1) is 7.09. The molecule has 0 aliphatic carbocycles. The third-order valence-corrected chi connectivity index (χ3v) is 4.14. The lowest BCUT2D eigenvalue weighted by Gasteiger charge is -2.11. The van der Waals surface area contributed by atoms with Crippen molar-refractivity contribution in [2.45, 2.75) is 33.3 Å². The standard InChI is InChI=1S/C12H16O2S/c1-7-6-8(2)15-12(7)11(13)10-4-5-14-9(10)3/h6,9-10H,4-5H2,1-3H3. The van der Waals surface area contributed by atoms with E-state index in [1.54, 1.807) is 11.3 Å². The van der Waals surface area contributed by atoms with Gasteiger partial charge in [-0.2, -0.15) is 0 Å². The average Bonchev–Trinajstić information content (AvgIpc) is 2.71. The molecule has 15 heavy (non-hydrogen) atoms. The van der Waals surface area contributed by atoms with Crippen molar-refractivity contribution in [1.29, 1.82) is 0 Å². The minimum absolute atomic E-state index is 0.0711. The van der Waals surface area contributed by atoms with E-state index in [2.05, 4.69) is 6.07 Å². The topological polar surface area (TPSA) is 26.3 Å². The zero-order valence-electron chi connectivity index (χ0n) is 9.37. The van der Waals surface area contributed by atoms with Crippen LogP contribution in [0.2, 0.25) is 0 Å². The van der Waals surface area contributed by atoms with Crippen molar-refractivity contribution >= 4 is 17.1 Å². The second-order valence-corrected chi connectivity index (χ2v) is 5.46. The fourth-order valence-electron chi connectivity index (χ4n) is 2.13. The molecule has 0 aromatic carbocycles. The molecule has 0 amide bonds. The molecular formula is C12H16O2S. The van der Waals surface area contributed by atoms with E-state index < -0.39 is 0 Å². The molecule has 82 valence electrons. The number of Topliss-reactive ketones (excluding diaryl/α,β-unsaturated/α-hetero) is 1. The second-order valence-electron chi connectivity index (χ2n) is 4.20. The molecule has 1 aliphatic rings. The highest BCUT2D eigenvalue weighted by Crippen LogP contribution is 2.29. The number of rotatable bonds is 2. The third-order valence-electron chi connectivity index (χ3n) is 2.98. The number of hydrogen-bond acceptors (Lipinski definition) is 3. The van der Waals surface area contributed by atoms with Gasteiger partial charge in [0, 0.05) is 11.5 Å². The van der Waals surface area contributed by atoms with E-state index >= 15 is 0 Å². The van der Waals surface area contributed by atoms with E-state index in [-0.39, 0.29) is 17.8 Å². The van der Waals surface area contributed by atoms with Crippen LogP contribution < -0.4 is 0 Å². The third kappa shape index (κ3) is 1.99. The number of aryl methyl sites for hydroxylation is 2. The van der Waals surface area contributed by atoms with Crippen molar-refractivity contribution in [2.24, 2.45) is 5.92 Å². The van der Waals surface area contributed by atoms with Gasteiger partial charge in [-0.3, -0.25) is 4.79 Å². The van der Waals surface area contributed by atoms with Crippen LogP contribution in [0.15, 0.2) is 6.07 Å². The van der Waals surface area contributed by atoms with Crippen molar-refractivity contribution in [3.05, 3.63) is 21.4 Å². The highest BCUT2D eigenvalue weighted by atomic mass is 32.1. The summed E-state index contributed by atoms with van der Waals surface area (Å²) in [6.45, 7) is 6.77. The van der Waals surface area contributed by atoms with Crippen LogP contribution in [0.1, 0.15) is 33.5 Å². The number of ketones is 1. The van der Waals surface area contributed by atoms with E-state index in [1.165, 1.54) is 4.88 Å². The zero-order chi connectivity index (χ0) is 11.0. The normalized spacial score (nSPS) is 25.8. The number of carbonyl (C=O) groups excluding carboxylic acids is 1. The Morgan fingerprint density at radius 2 is 2.27 bits per heavy atom. The molecule has 0 saturated carbocycles. The molecule has 0 spiro atoms. The molecule has 2 nitrogen and oxygen atoms in total. The summed E-state index contributed by atoms with van der Waals surface area (Å²) >= 11 is 1.61.